The lowest BCUT2D eigenvalue weighted by Gasteiger charge is -1.87. The SMILES string of the molecule is Cc1ccc([N+]#N)c(I)c1. The molecular formula is C7H6IN2+. The van der Waals surface area contributed by atoms with Gasteiger partial charge < -0.3 is 0 Å². The molecule has 1 aromatic carbocycles. The van der Waals surface area contributed by atoms with Crippen LogP contribution in [0.3, 0.4) is 0 Å². The van der Waals surface area contributed by atoms with Crippen LogP contribution in [-0.4, -0.2) is 0 Å². The van der Waals surface area contributed by atoms with Gasteiger partial charge in [0.2, 0.25) is 5.39 Å². The summed E-state index contributed by atoms with van der Waals surface area (Å²) in [5.41, 5.74) is 1.81. The Morgan fingerprint density at radius 1 is 1.50 bits per heavy atom. The first-order valence-electron chi connectivity index (χ1n) is 2.85. The van der Waals surface area contributed by atoms with Crippen molar-refractivity contribution in [2.45, 2.75) is 6.92 Å². The van der Waals surface area contributed by atoms with Crippen molar-refractivity contribution in [3.8, 4) is 0 Å². The summed E-state index contributed by atoms with van der Waals surface area (Å²) in [7, 11) is 0. The van der Waals surface area contributed by atoms with Crippen molar-refractivity contribution in [1.29, 1.82) is 5.39 Å². The zero-order valence-electron chi connectivity index (χ0n) is 5.50. The van der Waals surface area contributed by atoms with Gasteiger partial charge in [0.1, 0.15) is 3.57 Å². The summed E-state index contributed by atoms with van der Waals surface area (Å²) in [4.78, 5) is 3.10. The van der Waals surface area contributed by atoms with E-state index in [1.807, 2.05) is 19.1 Å². The molecule has 0 spiro atoms. The average Bonchev–Trinajstić information content (AvgIpc) is 1.88. The van der Waals surface area contributed by atoms with Crippen molar-refractivity contribution >= 4 is 28.3 Å². The molecule has 0 aliphatic heterocycles. The summed E-state index contributed by atoms with van der Waals surface area (Å²) < 4.78 is 0.972. The van der Waals surface area contributed by atoms with Gasteiger partial charge >= 0.3 is 5.69 Å². The highest BCUT2D eigenvalue weighted by Gasteiger charge is 2.08. The molecule has 0 atom stereocenters. The van der Waals surface area contributed by atoms with E-state index >= 15 is 0 Å². The van der Waals surface area contributed by atoms with Crippen LogP contribution in [0, 0.1) is 15.9 Å². The molecule has 0 aliphatic carbocycles. The van der Waals surface area contributed by atoms with Crippen molar-refractivity contribution in [2.75, 3.05) is 0 Å². The standard InChI is InChI=1S/C7H6IN2/c1-5-2-3-7(10-9)6(8)4-5/h2-4H,1H3/q+1. The van der Waals surface area contributed by atoms with E-state index in [2.05, 4.69) is 27.6 Å². The maximum atomic E-state index is 8.43. The van der Waals surface area contributed by atoms with Gasteiger partial charge in [-0.15, -0.1) is 0 Å². The molecule has 0 bridgehead atoms. The molecule has 1 aromatic rings. The van der Waals surface area contributed by atoms with E-state index in [0.29, 0.717) is 5.69 Å². The Balaban J connectivity index is 3.23. The summed E-state index contributed by atoms with van der Waals surface area (Å²) >= 11 is 2.13. The van der Waals surface area contributed by atoms with Crippen LogP contribution in [0.5, 0.6) is 0 Å². The molecule has 0 radical (unpaired) electrons. The zero-order chi connectivity index (χ0) is 7.56. The van der Waals surface area contributed by atoms with Crippen LogP contribution in [0.4, 0.5) is 5.69 Å². The highest BCUT2D eigenvalue weighted by atomic mass is 127. The van der Waals surface area contributed by atoms with E-state index < -0.39 is 0 Å². The number of hydrogen-bond donors (Lipinski definition) is 0. The lowest BCUT2D eigenvalue weighted by molar-refractivity contribution is 1.42. The van der Waals surface area contributed by atoms with Crippen molar-refractivity contribution < 1.29 is 0 Å². The second-order valence-corrected chi connectivity index (χ2v) is 3.22. The van der Waals surface area contributed by atoms with Gasteiger partial charge in [0.05, 0.1) is 0 Å². The number of nitrogens with zero attached hydrogens (tertiary/aromatic N) is 2. The maximum absolute atomic E-state index is 8.43. The summed E-state index contributed by atoms with van der Waals surface area (Å²) in [6.07, 6.45) is 0. The molecule has 2 nitrogen and oxygen atoms in total. The molecule has 0 N–H and O–H groups in total. The fraction of sp³-hybridized carbons (Fsp3) is 0.143. The summed E-state index contributed by atoms with van der Waals surface area (Å²) in [5, 5.41) is 8.43. The Morgan fingerprint density at radius 2 is 2.20 bits per heavy atom. The number of aryl methyl sites for hydroxylation is 1. The fourth-order valence-corrected chi connectivity index (χ4v) is 1.47. The summed E-state index contributed by atoms with van der Waals surface area (Å²) in [5.74, 6) is 0. The normalized spacial score (nSPS) is 8.90. The quantitative estimate of drug-likeness (QED) is 0.509. The van der Waals surface area contributed by atoms with Crippen molar-refractivity contribution in [3.05, 3.63) is 32.3 Å². The number of halogens is 1. The maximum Gasteiger partial charge on any atom is 0.398 e. The number of diazo groups is 1. The first-order valence-corrected chi connectivity index (χ1v) is 3.93. The number of rotatable bonds is 0. The van der Waals surface area contributed by atoms with Gasteiger partial charge in [-0.1, -0.05) is 6.07 Å². The molecule has 0 amide bonds. The largest absolute Gasteiger partial charge is 0.398 e. The third-order valence-electron chi connectivity index (χ3n) is 1.21. The van der Waals surface area contributed by atoms with E-state index in [9.17, 15) is 0 Å². The monoisotopic (exact) mass is 245 g/mol. The number of benzene rings is 1. The summed E-state index contributed by atoms with van der Waals surface area (Å²) in [6, 6.07) is 5.67. The van der Waals surface area contributed by atoms with E-state index in [-0.39, 0.29) is 0 Å². The van der Waals surface area contributed by atoms with Gasteiger partial charge in [-0.25, -0.2) is 0 Å². The predicted octanol–water partition coefficient (Wildman–Crippen LogP) is 3.08. The van der Waals surface area contributed by atoms with Crippen LogP contribution in [0.2, 0.25) is 0 Å². The number of hydrogen-bond acceptors (Lipinski definition) is 1. The molecule has 0 aromatic heterocycles. The van der Waals surface area contributed by atoms with Crippen LogP contribution in [-0.2, 0) is 0 Å². The van der Waals surface area contributed by atoms with Crippen molar-refractivity contribution in [3.63, 3.8) is 0 Å². The molecule has 0 heterocycles. The molecule has 3 heteroatoms. The third-order valence-corrected chi connectivity index (χ3v) is 2.07. The minimum atomic E-state index is 0.631. The van der Waals surface area contributed by atoms with Crippen LogP contribution in [0.25, 0.3) is 4.98 Å². The Bertz CT molecular complexity index is 288. The van der Waals surface area contributed by atoms with Gasteiger partial charge in [-0.2, -0.15) is 0 Å². The van der Waals surface area contributed by atoms with Crippen LogP contribution in [0.1, 0.15) is 5.56 Å². The molecule has 50 valence electrons. The molecule has 1 rings (SSSR count). The lowest BCUT2D eigenvalue weighted by Crippen LogP contribution is -1.73. The van der Waals surface area contributed by atoms with Crippen molar-refractivity contribution in [2.24, 2.45) is 0 Å². The Morgan fingerprint density at radius 3 is 2.70 bits per heavy atom. The molecule has 0 aliphatic rings. The second kappa shape index (κ2) is 2.97. The fourth-order valence-electron chi connectivity index (χ4n) is 0.693. The Kier molecular flexibility index (Phi) is 2.22. The molecular weight excluding hydrogens is 239 g/mol. The van der Waals surface area contributed by atoms with Gasteiger partial charge in [-0.05, 0) is 41.1 Å². The molecule has 0 saturated carbocycles. The average molecular weight is 245 g/mol. The lowest BCUT2D eigenvalue weighted by atomic mass is 10.2. The first-order chi connectivity index (χ1) is 4.74. The topological polar surface area (TPSA) is 28.1 Å². The van der Waals surface area contributed by atoms with Gasteiger partial charge in [0, 0.05) is 6.07 Å². The van der Waals surface area contributed by atoms with E-state index in [1.165, 1.54) is 5.56 Å². The molecule has 10 heavy (non-hydrogen) atoms. The summed E-state index contributed by atoms with van der Waals surface area (Å²) in [6.45, 7) is 2.00. The Labute approximate surface area is 73.0 Å². The third kappa shape index (κ3) is 1.45. The van der Waals surface area contributed by atoms with Crippen LogP contribution >= 0.6 is 22.6 Å². The van der Waals surface area contributed by atoms with Gasteiger partial charge in [-0.3, -0.25) is 0 Å². The van der Waals surface area contributed by atoms with Crippen LogP contribution in [0.15, 0.2) is 18.2 Å². The smallest absolute Gasteiger partial charge is 0.0512 e. The van der Waals surface area contributed by atoms with Gasteiger partial charge in [0.15, 0.2) is 4.98 Å². The highest BCUT2D eigenvalue weighted by Crippen LogP contribution is 2.21. The minimum absolute atomic E-state index is 0.631. The zero-order valence-corrected chi connectivity index (χ0v) is 7.66. The second-order valence-electron chi connectivity index (χ2n) is 2.05. The first kappa shape index (κ1) is 7.48. The molecule has 0 saturated heterocycles. The minimum Gasteiger partial charge on any atom is -0.0512 e. The van der Waals surface area contributed by atoms with E-state index in [4.69, 9.17) is 5.39 Å². The predicted molar refractivity (Wildman–Crippen MR) is 48.6 cm³/mol. The van der Waals surface area contributed by atoms with Crippen LogP contribution < -0.4 is 0 Å². The molecule has 0 unspecified atom stereocenters. The molecule has 0 fully saturated rings. The van der Waals surface area contributed by atoms with E-state index in [1.54, 1.807) is 6.07 Å². The Hall–Kier alpha value is -0.630. The van der Waals surface area contributed by atoms with E-state index in [0.717, 1.165) is 3.57 Å². The van der Waals surface area contributed by atoms with Gasteiger partial charge in [0.25, 0.3) is 0 Å². The highest BCUT2D eigenvalue weighted by molar-refractivity contribution is 14.1. The van der Waals surface area contributed by atoms with Crippen molar-refractivity contribution in [1.82, 2.24) is 0 Å².